The molecule has 0 aromatic carbocycles. The van der Waals surface area contributed by atoms with Crippen LogP contribution >= 0.6 is 0 Å². The minimum absolute atomic E-state index is 0.0467. The molecule has 8 heteroatoms. The van der Waals surface area contributed by atoms with Crippen LogP contribution in [0.25, 0.3) is 0 Å². The molecule has 0 radical (unpaired) electrons. The highest BCUT2D eigenvalue weighted by Gasteiger charge is 2.10. The zero-order valence-corrected chi connectivity index (χ0v) is 7.65. The van der Waals surface area contributed by atoms with Crippen LogP contribution in [0.4, 0.5) is 0 Å². The number of rotatable bonds is 4. The molecule has 0 rings (SSSR count). The van der Waals surface area contributed by atoms with Gasteiger partial charge in [-0.25, -0.2) is 9.59 Å². The van der Waals surface area contributed by atoms with Crippen molar-refractivity contribution in [1.82, 2.24) is 10.6 Å². The van der Waals surface area contributed by atoms with Gasteiger partial charge >= 0.3 is 23.8 Å². The van der Waals surface area contributed by atoms with Gasteiger partial charge in [0.25, 0.3) is 0 Å². The van der Waals surface area contributed by atoms with Crippen LogP contribution in [0.5, 0.6) is 0 Å². The van der Waals surface area contributed by atoms with Crippen LogP contribution in [-0.4, -0.2) is 47.1 Å². The predicted molar refractivity (Wildman–Crippen MR) is 45.9 cm³/mol. The van der Waals surface area contributed by atoms with E-state index in [0.29, 0.717) is 0 Å². The smallest absolute Gasteiger partial charge is 0.394 e. The molecule has 0 aliphatic rings. The summed E-state index contributed by atoms with van der Waals surface area (Å²) in [7, 11) is 0. The molecule has 2 amide bonds. The summed E-state index contributed by atoms with van der Waals surface area (Å²) >= 11 is 0. The zero-order chi connectivity index (χ0) is 11.8. The summed E-state index contributed by atoms with van der Waals surface area (Å²) in [6, 6.07) is 0. The lowest BCUT2D eigenvalue weighted by atomic mass is 10.4. The molecule has 0 saturated heterocycles. The normalized spacial score (nSPS) is 9.07. The number of hydrogen-bond donors (Lipinski definition) is 4. The molecule has 8 nitrogen and oxygen atoms in total. The molecule has 0 bridgehead atoms. The van der Waals surface area contributed by atoms with Crippen molar-refractivity contribution in [1.29, 1.82) is 0 Å². The minimum atomic E-state index is -1.59. The van der Waals surface area contributed by atoms with Gasteiger partial charge in [-0.2, -0.15) is 0 Å². The van der Waals surface area contributed by atoms with Gasteiger partial charge in [0.1, 0.15) is 0 Å². The Kier molecular flexibility index (Phi) is 5.45. The fraction of sp³-hybridized carbons (Fsp3) is 0.429. The van der Waals surface area contributed by atoms with Crippen LogP contribution in [0.1, 0.15) is 6.42 Å². The molecule has 0 aliphatic carbocycles. The van der Waals surface area contributed by atoms with Crippen LogP contribution < -0.4 is 10.6 Å². The highest BCUT2D eigenvalue weighted by molar-refractivity contribution is 6.31. The van der Waals surface area contributed by atoms with Gasteiger partial charge in [0.2, 0.25) is 0 Å². The van der Waals surface area contributed by atoms with Gasteiger partial charge in [-0.3, -0.25) is 9.59 Å². The van der Waals surface area contributed by atoms with E-state index in [1.165, 1.54) is 0 Å². The van der Waals surface area contributed by atoms with Gasteiger partial charge in [0.05, 0.1) is 0 Å². The zero-order valence-electron chi connectivity index (χ0n) is 7.65. The Hall–Kier alpha value is -2.12. The molecule has 84 valence electrons. The molecule has 0 saturated carbocycles. The molecule has 0 fully saturated rings. The number of carbonyl (C=O) groups is 4. The van der Waals surface area contributed by atoms with E-state index in [1.807, 2.05) is 10.6 Å². The van der Waals surface area contributed by atoms with Crippen molar-refractivity contribution in [3.05, 3.63) is 0 Å². The standard InChI is InChI=1S/C7H10N2O6/c10-4(6(12)13)8-2-1-3-9-5(11)7(14)15/h1-3H2,(H,8,10)(H,9,11)(H,12,13)(H,14,15). The molecule has 0 aliphatic heterocycles. The molecule has 0 aromatic rings. The summed E-state index contributed by atoms with van der Waals surface area (Å²) < 4.78 is 0. The van der Waals surface area contributed by atoms with E-state index in [9.17, 15) is 19.2 Å². The number of amides is 2. The molecule has 0 spiro atoms. The second-order valence-electron chi connectivity index (χ2n) is 2.48. The van der Waals surface area contributed by atoms with Crippen molar-refractivity contribution >= 4 is 23.8 Å². The lowest BCUT2D eigenvalue weighted by Crippen LogP contribution is -2.35. The predicted octanol–water partition coefficient (Wildman–Crippen LogP) is -2.22. The Labute approximate surface area is 84.3 Å². The van der Waals surface area contributed by atoms with Crippen LogP contribution in [0, 0.1) is 0 Å². The number of carbonyl (C=O) groups excluding carboxylic acids is 2. The van der Waals surface area contributed by atoms with Crippen molar-refractivity contribution < 1.29 is 29.4 Å². The van der Waals surface area contributed by atoms with E-state index < -0.39 is 23.8 Å². The second-order valence-corrected chi connectivity index (χ2v) is 2.48. The summed E-state index contributed by atoms with van der Waals surface area (Å²) in [6.07, 6.45) is 0.248. The largest absolute Gasteiger partial charge is 0.474 e. The Morgan fingerprint density at radius 3 is 1.40 bits per heavy atom. The number of carboxylic acid groups (broad SMARTS) is 2. The minimum Gasteiger partial charge on any atom is -0.474 e. The summed E-state index contributed by atoms with van der Waals surface area (Å²) in [5, 5.41) is 20.4. The van der Waals surface area contributed by atoms with Crippen molar-refractivity contribution in [2.24, 2.45) is 0 Å². The van der Waals surface area contributed by atoms with E-state index >= 15 is 0 Å². The average molecular weight is 218 g/mol. The Bertz CT molecular complexity index is 259. The Morgan fingerprint density at radius 2 is 1.13 bits per heavy atom. The first-order valence-corrected chi connectivity index (χ1v) is 3.97. The van der Waals surface area contributed by atoms with Gasteiger partial charge in [0, 0.05) is 13.1 Å². The third-order valence-electron chi connectivity index (χ3n) is 1.31. The summed E-state index contributed by atoms with van der Waals surface area (Å²) in [6.45, 7) is 0.0933. The quantitative estimate of drug-likeness (QED) is 0.312. The van der Waals surface area contributed by atoms with E-state index in [-0.39, 0.29) is 19.5 Å². The van der Waals surface area contributed by atoms with Crippen molar-refractivity contribution in [3.63, 3.8) is 0 Å². The number of carboxylic acids is 2. The monoisotopic (exact) mass is 218 g/mol. The highest BCUT2D eigenvalue weighted by atomic mass is 16.4. The van der Waals surface area contributed by atoms with Gasteiger partial charge in [0.15, 0.2) is 0 Å². The summed E-state index contributed by atoms with van der Waals surface area (Å²) in [5.74, 6) is -5.46. The fourth-order valence-corrected chi connectivity index (χ4v) is 0.643. The number of hydrogen-bond acceptors (Lipinski definition) is 4. The van der Waals surface area contributed by atoms with E-state index in [4.69, 9.17) is 10.2 Å². The van der Waals surface area contributed by atoms with Gasteiger partial charge < -0.3 is 20.8 Å². The van der Waals surface area contributed by atoms with Crippen molar-refractivity contribution in [2.45, 2.75) is 6.42 Å². The van der Waals surface area contributed by atoms with Crippen LogP contribution in [0.15, 0.2) is 0 Å². The van der Waals surface area contributed by atoms with Crippen LogP contribution in [0.3, 0.4) is 0 Å². The average Bonchev–Trinajstić information content (AvgIpc) is 2.16. The van der Waals surface area contributed by atoms with Gasteiger partial charge in [-0.05, 0) is 6.42 Å². The Balaban J connectivity index is 3.48. The van der Waals surface area contributed by atoms with E-state index in [2.05, 4.69) is 0 Å². The number of nitrogens with one attached hydrogen (secondary N) is 2. The maximum Gasteiger partial charge on any atom is 0.394 e. The van der Waals surface area contributed by atoms with E-state index in [1.54, 1.807) is 0 Å². The maximum atomic E-state index is 10.5. The fourth-order valence-electron chi connectivity index (χ4n) is 0.643. The third kappa shape index (κ3) is 6.02. The van der Waals surface area contributed by atoms with Crippen LogP contribution in [0.2, 0.25) is 0 Å². The SMILES string of the molecule is O=C(O)C(=O)NCCCNC(=O)C(=O)O. The molecular weight excluding hydrogens is 208 g/mol. The van der Waals surface area contributed by atoms with E-state index in [0.717, 1.165) is 0 Å². The maximum absolute atomic E-state index is 10.5. The molecule has 0 aromatic heterocycles. The first-order valence-electron chi connectivity index (χ1n) is 3.97. The first kappa shape index (κ1) is 12.9. The van der Waals surface area contributed by atoms with Crippen LogP contribution in [-0.2, 0) is 19.2 Å². The number of aliphatic carboxylic acids is 2. The molecule has 0 unspecified atom stereocenters. The Morgan fingerprint density at radius 1 is 0.800 bits per heavy atom. The topological polar surface area (TPSA) is 133 Å². The summed E-state index contributed by atoms with van der Waals surface area (Å²) in [4.78, 5) is 40.9. The van der Waals surface area contributed by atoms with Crippen molar-refractivity contribution in [2.75, 3.05) is 13.1 Å². The third-order valence-corrected chi connectivity index (χ3v) is 1.31. The second kappa shape index (κ2) is 6.35. The molecule has 0 atom stereocenters. The van der Waals surface area contributed by atoms with Crippen molar-refractivity contribution in [3.8, 4) is 0 Å². The first-order chi connectivity index (χ1) is 6.95. The highest BCUT2D eigenvalue weighted by Crippen LogP contribution is 1.75. The molecule has 0 heterocycles. The molecule has 4 N–H and O–H groups in total. The lowest BCUT2D eigenvalue weighted by Gasteiger charge is -2.02. The van der Waals surface area contributed by atoms with Gasteiger partial charge in [-0.15, -0.1) is 0 Å². The van der Waals surface area contributed by atoms with Gasteiger partial charge in [-0.1, -0.05) is 0 Å². The molecular formula is C7H10N2O6. The molecule has 15 heavy (non-hydrogen) atoms. The lowest BCUT2D eigenvalue weighted by molar-refractivity contribution is -0.150. The summed E-state index contributed by atoms with van der Waals surface area (Å²) in [5.41, 5.74) is 0.